The predicted molar refractivity (Wildman–Crippen MR) is 76.3 cm³/mol. The maximum absolute atomic E-state index is 5.92. The van der Waals surface area contributed by atoms with Crippen molar-refractivity contribution in [3.63, 3.8) is 0 Å². The van der Waals surface area contributed by atoms with Gasteiger partial charge in [0, 0.05) is 29.4 Å². The van der Waals surface area contributed by atoms with Gasteiger partial charge in [-0.05, 0) is 12.1 Å². The molecule has 3 aromatic rings. The standard InChI is InChI=1S/C14H13N3O2S/c15-12-8-19-13-5-10(1-2-11(12)13)18-7-9-6-17-3-4-20-14(17)16-9/h1-6,12H,7-8,15H2. The van der Waals surface area contributed by atoms with Crippen LogP contribution in [0.5, 0.6) is 11.5 Å². The van der Waals surface area contributed by atoms with E-state index in [-0.39, 0.29) is 6.04 Å². The van der Waals surface area contributed by atoms with Crippen molar-refractivity contribution < 1.29 is 9.47 Å². The summed E-state index contributed by atoms with van der Waals surface area (Å²) in [6.45, 7) is 0.981. The fourth-order valence-corrected chi connectivity index (χ4v) is 3.03. The molecule has 4 rings (SSSR count). The van der Waals surface area contributed by atoms with Gasteiger partial charge in [-0.1, -0.05) is 0 Å². The molecule has 0 spiro atoms. The van der Waals surface area contributed by atoms with Crippen molar-refractivity contribution in [1.82, 2.24) is 9.38 Å². The van der Waals surface area contributed by atoms with E-state index in [1.807, 2.05) is 40.4 Å². The maximum Gasteiger partial charge on any atom is 0.193 e. The number of fused-ring (bicyclic) bond motifs is 2. The summed E-state index contributed by atoms with van der Waals surface area (Å²) in [5.41, 5.74) is 7.87. The first-order valence-electron chi connectivity index (χ1n) is 6.36. The second-order valence-corrected chi connectivity index (χ2v) is 5.60. The lowest BCUT2D eigenvalue weighted by Crippen LogP contribution is -2.10. The molecule has 1 aromatic carbocycles. The summed E-state index contributed by atoms with van der Waals surface area (Å²) in [6.07, 6.45) is 3.97. The molecule has 6 heteroatoms. The van der Waals surface area contributed by atoms with E-state index in [4.69, 9.17) is 15.2 Å². The quantitative estimate of drug-likeness (QED) is 0.803. The zero-order valence-electron chi connectivity index (χ0n) is 10.7. The number of hydrogen-bond donors (Lipinski definition) is 1. The number of nitrogens with zero attached hydrogens (tertiary/aromatic N) is 2. The molecule has 0 aliphatic carbocycles. The van der Waals surface area contributed by atoms with E-state index >= 15 is 0 Å². The van der Waals surface area contributed by atoms with Crippen LogP contribution in [-0.2, 0) is 6.61 Å². The molecule has 0 fully saturated rings. The van der Waals surface area contributed by atoms with Gasteiger partial charge in [-0.2, -0.15) is 0 Å². The Balaban J connectivity index is 1.50. The first-order chi connectivity index (χ1) is 9.79. The second kappa shape index (κ2) is 4.50. The van der Waals surface area contributed by atoms with Crippen molar-refractivity contribution >= 4 is 16.3 Å². The fraction of sp³-hybridized carbons (Fsp3) is 0.214. The molecule has 102 valence electrons. The predicted octanol–water partition coefficient (Wildman–Crippen LogP) is 2.37. The van der Waals surface area contributed by atoms with E-state index in [9.17, 15) is 0 Å². The molecule has 3 heterocycles. The third-order valence-electron chi connectivity index (χ3n) is 3.33. The number of thiazole rings is 1. The molecule has 2 aromatic heterocycles. The van der Waals surface area contributed by atoms with Crippen molar-refractivity contribution in [2.75, 3.05) is 6.61 Å². The van der Waals surface area contributed by atoms with Gasteiger partial charge >= 0.3 is 0 Å². The monoisotopic (exact) mass is 287 g/mol. The van der Waals surface area contributed by atoms with E-state index < -0.39 is 0 Å². The molecule has 0 radical (unpaired) electrons. The van der Waals surface area contributed by atoms with Gasteiger partial charge in [0.25, 0.3) is 0 Å². The van der Waals surface area contributed by atoms with E-state index in [2.05, 4.69) is 4.98 Å². The van der Waals surface area contributed by atoms with Crippen LogP contribution in [0.25, 0.3) is 4.96 Å². The third-order valence-corrected chi connectivity index (χ3v) is 4.10. The molecular weight excluding hydrogens is 274 g/mol. The average Bonchev–Trinajstić information content (AvgIpc) is 3.11. The Morgan fingerprint density at radius 3 is 3.35 bits per heavy atom. The zero-order valence-corrected chi connectivity index (χ0v) is 11.5. The number of ether oxygens (including phenoxy) is 2. The van der Waals surface area contributed by atoms with Gasteiger partial charge in [-0.25, -0.2) is 4.98 Å². The molecule has 1 aliphatic rings. The highest BCUT2D eigenvalue weighted by atomic mass is 32.1. The Kier molecular flexibility index (Phi) is 2.64. The molecule has 1 aliphatic heterocycles. The largest absolute Gasteiger partial charge is 0.491 e. The number of rotatable bonds is 3. The first kappa shape index (κ1) is 11.7. The lowest BCUT2D eigenvalue weighted by atomic mass is 10.1. The van der Waals surface area contributed by atoms with E-state index in [0.717, 1.165) is 27.7 Å². The highest BCUT2D eigenvalue weighted by molar-refractivity contribution is 7.15. The van der Waals surface area contributed by atoms with Gasteiger partial charge < -0.3 is 15.2 Å². The first-order valence-corrected chi connectivity index (χ1v) is 7.24. The molecule has 20 heavy (non-hydrogen) atoms. The minimum atomic E-state index is -0.0287. The summed E-state index contributed by atoms with van der Waals surface area (Å²) >= 11 is 1.61. The number of nitrogens with two attached hydrogens (primary N) is 1. The summed E-state index contributed by atoms with van der Waals surface area (Å²) in [4.78, 5) is 5.46. The van der Waals surface area contributed by atoms with Crippen molar-refractivity contribution in [3.8, 4) is 11.5 Å². The Hall–Kier alpha value is -2.05. The number of benzene rings is 1. The summed E-state index contributed by atoms with van der Waals surface area (Å²) in [5.74, 6) is 1.59. The summed E-state index contributed by atoms with van der Waals surface area (Å²) < 4.78 is 13.3. The summed E-state index contributed by atoms with van der Waals surface area (Å²) in [6, 6.07) is 5.75. The SMILES string of the molecule is NC1COc2cc(OCc3cn4ccsc4n3)ccc21. The Bertz CT molecular complexity index is 736. The van der Waals surface area contributed by atoms with E-state index in [1.165, 1.54) is 0 Å². The summed E-state index contributed by atoms with van der Waals surface area (Å²) in [7, 11) is 0. The lowest BCUT2D eigenvalue weighted by molar-refractivity contribution is 0.297. The number of imidazole rings is 1. The van der Waals surface area contributed by atoms with Gasteiger partial charge in [-0.15, -0.1) is 11.3 Å². The molecule has 1 unspecified atom stereocenters. The molecule has 5 nitrogen and oxygen atoms in total. The lowest BCUT2D eigenvalue weighted by Gasteiger charge is -2.06. The van der Waals surface area contributed by atoms with Crippen molar-refractivity contribution in [3.05, 3.63) is 47.2 Å². The van der Waals surface area contributed by atoms with Gasteiger partial charge in [0.05, 0.1) is 11.7 Å². The van der Waals surface area contributed by atoms with Crippen LogP contribution in [0, 0.1) is 0 Å². The summed E-state index contributed by atoms with van der Waals surface area (Å²) in [5, 5.41) is 2.01. The van der Waals surface area contributed by atoms with Crippen LogP contribution < -0.4 is 15.2 Å². The van der Waals surface area contributed by atoms with Crippen LogP contribution in [-0.4, -0.2) is 16.0 Å². The fourth-order valence-electron chi connectivity index (χ4n) is 2.31. The van der Waals surface area contributed by atoms with Crippen molar-refractivity contribution in [2.45, 2.75) is 12.6 Å². The molecule has 1 atom stereocenters. The van der Waals surface area contributed by atoms with Crippen LogP contribution in [0.15, 0.2) is 36.0 Å². The Morgan fingerprint density at radius 2 is 2.45 bits per heavy atom. The van der Waals surface area contributed by atoms with Crippen LogP contribution >= 0.6 is 11.3 Å². The molecule has 0 bridgehead atoms. The minimum Gasteiger partial charge on any atom is -0.491 e. The van der Waals surface area contributed by atoms with Crippen LogP contribution in [0.4, 0.5) is 0 Å². The molecule has 0 saturated carbocycles. The minimum absolute atomic E-state index is 0.0287. The average molecular weight is 287 g/mol. The van der Waals surface area contributed by atoms with Crippen molar-refractivity contribution in [1.29, 1.82) is 0 Å². The zero-order chi connectivity index (χ0) is 13.5. The number of aromatic nitrogens is 2. The third kappa shape index (κ3) is 1.93. The van der Waals surface area contributed by atoms with Crippen LogP contribution in [0.3, 0.4) is 0 Å². The molecule has 0 amide bonds. The normalized spacial score (nSPS) is 17.1. The van der Waals surface area contributed by atoms with Gasteiger partial charge in [0.1, 0.15) is 24.7 Å². The van der Waals surface area contributed by atoms with E-state index in [1.54, 1.807) is 11.3 Å². The number of hydrogen-bond acceptors (Lipinski definition) is 5. The van der Waals surface area contributed by atoms with Crippen LogP contribution in [0.2, 0.25) is 0 Å². The molecule has 0 saturated heterocycles. The Morgan fingerprint density at radius 1 is 1.50 bits per heavy atom. The highest BCUT2D eigenvalue weighted by Gasteiger charge is 2.20. The molecular formula is C14H13N3O2S. The van der Waals surface area contributed by atoms with Crippen LogP contribution in [0.1, 0.15) is 17.3 Å². The maximum atomic E-state index is 5.92. The van der Waals surface area contributed by atoms with Crippen molar-refractivity contribution in [2.24, 2.45) is 5.73 Å². The van der Waals surface area contributed by atoms with E-state index in [0.29, 0.717) is 13.2 Å². The smallest absolute Gasteiger partial charge is 0.193 e. The topological polar surface area (TPSA) is 61.8 Å². The van der Waals surface area contributed by atoms with Gasteiger partial charge in [0.15, 0.2) is 4.96 Å². The molecule has 2 N–H and O–H groups in total. The Labute approximate surface area is 119 Å². The van der Waals surface area contributed by atoms with Gasteiger partial charge in [-0.3, -0.25) is 4.40 Å². The highest BCUT2D eigenvalue weighted by Crippen LogP contribution is 2.34. The second-order valence-electron chi connectivity index (χ2n) is 4.73. The van der Waals surface area contributed by atoms with Gasteiger partial charge in [0.2, 0.25) is 0 Å².